The molecule has 3 heteroatoms. The predicted octanol–water partition coefficient (Wildman–Crippen LogP) is 2.69. The van der Waals surface area contributed by atoms with E-state index >= 15 is 0 Å². The molecule has 1 aromatic rings. The molecule has 1 fully saturated rings. The van der Waals surface area contributed by atoms with Gasteiger partial charge in [0.25, 0.3) is 0 Å². The van der Waals surface area contributed by atoms with Crippen molar-refractivity contribution in [3.05, 3.63) is 17.5 Å². The van der Waals surface area contributed by atoms with E-state index in [1.807, 2.05) is 4.68 Å². The maximum atomic E-state index is 4.45. The molecule has 0 spiro atoms. The summed E-state index contributed by atoms with van der Waals surface area (Å²) in [5.74, 6) is 1.75. The third-order valence-corrected chi connectivity index (χ3v) is 4.30. The molecule has 1 N–H and O–H groups in total. The van der Waals surface area contributed by atoms with Gasteiger partial charge in [0.2, 0.25) is 0 Å². The predicted molar refractivity (Wildman–Crippen MR) is 75.6 cm³/mol. The molecule has 2 rings (SSSR count). The van der Waals surface area contributed by atoms with Crippen LogP contribution >= 0.6 is 0 Å². The average Bonchev–Trinajstić information content (AvgIpc) is 2.85. The Morgan fingerprint density at radius 1 is 1.50 bits per heavy atom. The highest BCUT2D eigenvalue weighted by Gasteiger charge is 2.28. The van der Waals surface area contributed by atoms with Crippen molar-refractivity contribution in [2.75, 3.05) is 6.54 Å². The van der Waals surface area contributed by atoms with Crippen molar-refractivity contribution in [2.24, 2.45) is 18.9 Å². The quantitative estimate of drug-likeness (QED) is 0.869. The van der Waals surface area contributed by atoms with Crippen molar-refractivity contribution in [2.45, 2.75) is 52.5 Å². The van der Waals surface area contributed by atoms with E-state index in [1.165, 1.54) is 25.0 Å². The van der Waals surface area contributed by atoms with Gasteiger partial charge in [0, 0.05) is 25.2 Å². The van der Waals surface area contributed by atoms with E-state index in [2.05, 4.69) is 44.3 Å². The molecular formula is C15H27N3. The molecule has 18 heavy (non-hydrogen) atoms. The van der Waals surface area contributed by atoms with Crippen LogP contribution in [0.5, 0.6) is 0 Å². The summed E-state index contributed by atoms with van der Waals surface area (Å²) < 4.78 is 2.04. The summed E-state index contributed by atoms with van der Waals surface area (Å²) in [6, 6.07) is 2.85. The van der Waals surface area contributed by atoms with Gasteiger partial charge < -0.3 is 5.32 Å². The molecule has 3 unspecified atom stereocenters. The van der Waals surface area contributed by atoms with Gasteiger partial charge in [-0.25, -0.2) is 0 Å². The topological polar surface area (TPSA) is 29.9 Å². The summed E-state index contributed by atoms with van der Waals surface area (Å²) in [5, 5.41) is 8.14. The van der Waals surface area contributed by atoms with Gasteiger partial charge >= 0.3 is 0 Å². The minimum atomic E-state index is 0.620. The first kappa shape index (κ1) is 13.6. The van der Waals surface area contributed by atoms with Crippen LogP contribution in [0, 0.1) is 18.8 Å². The van der Waals surface area contributed by atoms with Crippen molar-refractivity contribution in [3.8, 4) is 0 Å². The number of hydrogen-bond acceptors (Lipinski definition) is 2. The molecule has 0 radical (unpaired) electrons. The summed E-state index contributed by atoms with van der Waals surface area (Å²) in [7, 11) is 2.06. The van der Waals surface area contributed by atoms with Crippen molar-refractivity contribution in [3.63, 3.8) is 0 Å². The zero-order chi connectivity index (χ0) is 13.1. The maximum Gasteiger partial charge on any atom is 0.0596 e. The second-order valence-electron chi connectivity index (χ2n) is 5.95. The summed E-state index contributed by atoms with van der Waals surface area (Å²) in [6.07, 6.45) is 5.28. The van der Waals surface area contributed by atoms with Gasteiger partial charge in [-0.15, -0.1) is 0 Å². The molecule has 0 aliphatic heterocycles. The molecule has 102 valence electrons. The smallest absolute Gasteiger partial charge is 0.0596 e. The SMILES string of the molecule is CCNC(Cc1cc(C)nn1C)C1CCC(C)C1. The number of nitrogens with zero attached hydrogens (tertiary/aromatic N) is 2. The number of aryl methyl sites for hydroxylation is 2. The van der Waals surface area contributed by atoms with Crippen LogP contribution in [0.2, 0.25) is 0 Å². The lowest BCUT2D eigenvalue weighted by molar-refractivity contribution is 0.348. The minimum Gasteiger partial charge on any atom is -0.314 e. The molecule has 1 aromatic heterocycles. The van der Waals surface area contributed by atoms with Crippen LogP contribution < -0.4 is 5.32 Å². The monoisotopic (exact) mass is 249 g/mol. The Bertz CT molecular complexity index is 383. The fourth-order valence-corrected chi connectivity index (χ4v) is 3.36. The molecule has 3 nitrogen and oxygen atoms in total. The van der Waals surface area contributed by atoms with Gasteiger partial charge in [-0.2, -0.15) is 5.10 Å². The molecule has 0 aromatic carbocycles. The number of hydrogen-bond donors (Lipinski definition) is 1. The highest BCUT2D eigenvalue weighted by atomic mass is 15.3. The molecule has 1 aliphatic rings. The number of rotatable bonds is 5. The Kier molecular flexibility index (Phi) is 4.44. The molecule has 0 amide bonds. The zero-order valence-corrected chi connectivity index (χ0v) is 12.2. The van der Waals surface area contributed by atoms with Gasteiger partial charge in [0.1, 0.15) is 0 Å². The highest BCUT2D eigenvalue weighted by Crippen LogP contribution is 2.33. The van der Waals surface area contributed by atoms with Crippen LogP contribution in [0.25, 0.3) is 0 Å². The van der Waals surface area contributed by atoms with Crippen LogP contribution in [0.15, 0.2) is 6.07 Å². The van der Waals surface area contributed by atoms with Crippen molar-refractivity contribution in [1.82, 2.24) is 15.1 Å². The lowest BCUT2D eigenvalue weighted by atomic mass is 9.93. The van der Waals surface area contributed by atoms with Crippen LogP contribution in [-0.4, -0.2) is 22.4 Å². The van der Waals surface area contributed by atoms with Gasteiger partial charge in [-0.05, 0) is 44.2 Å². The largest absolute Gasteiger partial charge is 0.314 e. The van der Waals surface area contributed by atoms with E-state index in [4.69, 9.17) is 0 Å². The van der Waals surface area contributed by atoms with Gasteiger partial charge in [0.05, 0.1) is 5.69 Å². The van der Waals surface area contributed by atoms with E-state index < -0.39 is 0 Å². The highest BCUT2D eigenvalue weighted by molar-refractivity contribution is 5.10. The Morgan fingerprint density at radius 3 is 2.78 bits per heavy atom. The van der Waals surface area contributed by atoms with Gasteiger partial charge in [0.15, 0.2) is 0 Å². The summed E-state index contributed by atoms with van der Waals surface area (Å²) in [6.45, 7) is 7.73. The summed E-state index contributed by atoms with van der Waals surface area (Å²) >= 11 is 0. The van der Waals surface area contributed by atoms with E-state index in [0.717, 1.165) is 30.5 Å². The first-order valence-corrected chi connectivity index (χ1v) is 7.33. The lowest BCUT2D eigenvalue weighted by Gasteiger charge is -2.24. The van der Waals surface area contributed by atoms with E-state index in [0.29, 0.717) is 6.04 Å². The summed E-state index contributed by atoms with van der Waals surface area (Å²) in [4.78, 5) is 0. The second kappa shape index (κ2) is 5.87. The van der Waals surface area contributed by atoms with Gasteiger partial charge in [-0.1, -0.05) is 20.3 Å². The third kappa shape index (κ3) is 3.14. The lowest BCUT2D eigenvalue weighted by Crippen LogP contribution is -2.37. The molecule has 0 saturated heterocycles. The standard InChI is InChI=1S/C15H27N3/c1-5-16-15(13-7-6-11(2)8-13)10-14-9-12(3)17-18(14)4/h9,11,13,15-16H,5-8,10H2,1-4H3. The molecule has 1 saturated carbocycles. The molecular weight excluding hydrogens is 222 g/mol. The van der Waals surface area contributed by atoms with Crippen LogP contribution in [0.3, 0.4) is 0 Å². The van der Waals surface area contributed by atoms with Crippen molar-refractivity contribution >= 4 is 0 Å². The molecule has 3 atom stereocenters. The van der Waals surface area contributed by atoms with Crippen LogP contribution in [0.1, 0.15) is 44.5 Å². The zero-order valence-electron chi connectivity index (χ0n) is 12.2. The fourth-order valence-electron chi connectivity index (χ4n) is 3.36. The average molecular weight is 249 g/mol. The normalized spacial score (nSPS) is 25.6. The van der Waals surface area contributed by atoms with E-state index in [-0.39, 0.29) is 0 Å². The molecule has 1 aliphatic carbocycles. The van der Waals surface area contributed by atoms with Gasteiger partial charge in [-0.3, -0.25) is 4.68 Å². The van der Waals surface area contributed by atoms with Crippen LogP contribution in [-0.2, 0) is 13.5 Å². The third-order valence-electron chi connectivity index (χ3n) is 4.30. The maximum absolute atomic E-state index is 4.45. The van der Waals surface area contributed by atoms with Crippen molar-refractivity contribution < 1.29 is 0 Å². The first-order valence-electron chi connectivity index (χ1n) is 7.33. The molecule has 0 bridgehead atoms. The number of nitrogens with one attached hydrogen (secondary N) is 1. The van der Waals surface area contributed by atoms with Crippen molar-refractivity contribution in [1.29, 1.82) is 0 Å². The Hall–Kier alpha value is -0.830. The van der Waals surface area contributed by atoms with Crippen LogP contribution in [0.4, 0.5) is 0 Å². The molecule has 1 heterocycles. The Labute approximate surface area is 111 Å². The number of likely N-dealkylation sites (N-methyl/N-ethyl adjacent to an activating group) is 1. The fraction of sp³-hybridized carbons (Fsp3) is 0.800. The van der Waals surface area contributed by atoms with E-state index in [1.54, 1.807) is 0 Å². The summed E-state index contributed by atoms with van der Waals surface area (Å²) in [5.41, 5.74) is 2.49. The Balaban J connectivity index is 2.04. The Morgan fingerprint density at radius 2 is 2.28 bits per heavy atom. The second-order valence-corrected chi connectivity index (χ2v) is 5.95. The first-order chi connectivity index (χ1) is 8.60. The number of aromatic nitrogens is 2. The van der Waals surface area contributed by atoms with E-state index in [9.17, 15) is 0 Å². The minimum absolute atomic E-state index is 0.620.